The maximum atomic E-state index is 12.0. The van der Waals surface area contributed by atoms with E-state index in [1.807, 2.05) is 13.0 Å². The molecule has 3 nitrogen and oxygen atoms in total. The molecule has 4 saturated carbocycles. The lowest BCUT2D eigenvalue weighted by atomic mass is 9.44. The molecule has 1 unspecified atom stereocenters. The molecule has 0 amide bonds. The first-order chi connectivity index (χ1) is 17.1. The van der Waals surface area contributed by atoms with Crippen molar-refractivity contribution in [1.29, 1.82) is 0 Å². The molecule has 0 radical (unpaired) electrons. The summed E-state index contributed by atoms with van der Waals surface area (Å²) < 4.78 is 6.96. The molecule has 0 aromatic carbocycles. The van der Waals surface area contributed by atoms with Crippen LogP contribution in [-0.4, -0.2) is 24.5 Å². The molecule has 1 aromatic rings. The molecular weight excluding hydrogens is 494 g/mol. The minimum absolute atomic E-state index is 0.170. The van der Waals surface area contributed by atoms with Crippen molar-refractivity contribution in [3.63, 3.8) is 0 Å². The van der Waals surface area contributed by atoms with Crippen molar-refractivity contribution in [3.05, 3.63) is 29.0 Å². The summed E-state index contributed by atoms with van der Waals surface area (Å²) in [5.74, 6) is 3.38. The summed E-state index contributed by atoms with van der Waals surface area (Å²) in [4.78, 5) is 4.17. The number of rotatable bonds is 4. The van der Waals surface area contributed by atoms with Crippen LogP contribution in [0.3, 0.4) is 0 Å². The van der Waals surface area contributed by atoms with Crippen molar-refractivity contribution in [1.82, 2.24) is 4.98 Å². The molecular formula is C32H52ClNO2Si. The Bertz CT molecular complexity index is 1000. The Kier molecular flexibility index (Phi) is 7.08. The molecule has 37 heavy (non-hydrogen) atoms. The Morgan fingerprint density at radius 2 is 1.65 bits per heavy atom. The average Bonchev–Trinajstić information content (AvgIpc) is 3.16. The highest BCUT2D eigenvalue weighted by molar-refractivity contribution is 6.74. The highest BCUT2D eigenvalue weighted by Crippen LogP contribution is 2.69. The summed E-state index contributed by atoms with van der Waals surface area (Å²) in [5.41, 5.74) is 0.556. The smallest absolute Gasteiger partial charge is 0.192 e. The van der Waals surface area contributed by atoms with E-state index < -0.39 is 13.9 Å². The van der Waals surface area contributed by atoms with Gasteiger partial charge in [-0.2, -0.15) is 0 Å². The van der Waals surface area contributed by atoms with Gasteiger partial charge in [-0.1, -0.05) is 46.2 Å². The van der Waals surface area contributed by atoms with E-state index in [0.29, 0.717) is 22.5 Å². The van der Waals surface area contributed by atoms with Gasteiger partial charge in [0.2, 0.25) is 0 Å². The fourth-order valence-corrected chi connectivity index (χ4v) is 11.5. The standard InChI is InChI=1S/C32H52ClNO2Si/c1-29(2,3)37(7,8)36-22-13-16-30(4)21(19-22)9-10-23-24-11-12-28(31(24,5)17-14-25(23)30)32(6,35)26-15-18-34-20-27(26)33/h15,18,20-25,28,35H,9-14,16-17,19H2,1-8H3/t21-,22-,23-,24-,25-,28-,30-,31-,32?/m0/s1. The molecule has 5 rings (SSSR count). The zero-order chi connectivity index (χ0) is 27.0. The molecule has 4 aliphatic carbocycles. The third kappa shape index (κ3) is 4.48. The average molecular weight is 546 g/mol. The Hall–Kier alpha value is -0.423. The van der Waals surface area contributed by atoms with E-state index in [0.717, 1.165) is 29.7 Å². The molecule has 4 fully saturated rings. The first-order valence-corrected chi connectivity index (χ1v) is 18.4. The van der Waals surface area contributed by atoms with E-state index in [4.69, 9.17) is 16.0 Å². The normalized spacial score (nSPS) is 41.9. The van der Waals surface area contributed by atoms with Crippen molar-refractivity contribution >= 4 is 19.9 Å². The Balaban J connectivity index is 1.33. The summed E-state index contributed by atoms with van der Waals surface area (Å²) in [6.07, 6.45) is 15.4. The number of halogens is 1. The van der Waals surface area contributed by atoms with Crippen LogP contribution in [0.2, 0.25) is 23.2 Å². The van der Waals surface area contributed by atoms with Crippen LogP contribution in [0.5, 0.6) is 0 Å². The van der Waals surface area contributed by atoms with Crippen LogP contribution >= 0.6 is 11.6 Å². The van der Waals surface area contributed by atoms with Crippen molar-refractivity contribution < 1.29 is 9.53 Å². The van der Waals surface area contributed by atoms with E-state index in [1.54, 1.807) is 12.4 Å². The first-order valence-electron chi connectivity index (χ1n) is 15.1. The van der Waals surface area contributed by atoms with E-state index in [1.165, 1.54) is 51.4 Å². The van der Waals surface area contributed by atoms with Crippen molar-refractivity contribution in [2.75, 3.05) is 0 Å². The monoisotopic (exact) mass is 545 g/mol. The lowest BCUT2D eigenvalue weighted by molar-refractivity contribution is -0.144. The van der Waals surface area contributed by atoms with Crippen LogP contribution in [0.25, 0.3) is 0 Å². The fourth-order valence-electron chi connectivity index (χ4n) is 9.82. The number of hydrogen-bond donors (Lipinski definition) is 1. The Morgan fingerprint density at radius 3 is 2.32 bits per heavy atom. The molecule has 208 valence electrons. The van der Waals surface area contributed by atoms with E-state index >= 15 is 0 Å². The lowest BCUT2D eigenvalue weighted by Crippen LogP contribution is -2.56. The number of aromatic nitrogens is 1. The molecule has 4 aliphatic rings. The van der Waals surface area contributed by atoms with Crippen LogP contribution in [0.15, 0.2) is 18.5 Å². The van der Waals surface area contributed by atoms with Gasteiger partial charge in [0.1, 0.15) is 0 Å². The van der Waals surface area contributed by atoms with Crippen LogP contribution in [0, 0.1) is 40.4 Å². The van der Waals surface area contributed by atoms with Gasteiger partial charge in [-0.05, 0) is 129 Å². The van der Waals surface area contributed by atoms with Crippen LogP contribution in [0.4, 0.5) is 0 Å². The summed E-state index contributed by atoms with van der Waals surface area (Å²) >= 11 is 6.56. The largest absolute Gasteiger partial charge is 0.414 e. The van der Waals surface area contributed by atoms with E-state index in [-0.39, 0.29) is 16.4 Å². The predicted octanol–water partition coefficient (Wildman–Crippen LogP) is 8.99. The summed E-state index contributed by atoms with van der Waals surface area (Å²) in [6.45, 7) is 19.1. The minimum atomic E-state index is -1.73. The second-order valence-corrected chi connectivity index (χ2v) is 20.8. The second-order valence-electron chi connectivity index (χ2n) is 15.6. The van der Waals surface area contributed by atoms with Gasteiger partial charge in [0.25, 0.3) is 0 Å². The van der Waals surface area contributed by atoms with Gasteiger partial charge in [0.15, 0.2) is 8.32 Å². The van der Waals surface area contributed by atoms with Gasteiger partial charge >= 0.3 is 0 Å². The first kappa shape index (κ1) is 28.1. The topological polar surface area (TPSA) is 42.4 Å². The van der Waals surface area contributed by atoms with E-state index in [9.17, 15) is 5.11 Å². The predicted molar refractivity (Wildman–Crippen MR) is 156 cm³/mol. The second kappa shape index (κ2) is 9.31. The molecule has 0 aliphatic heterocycles. The number of hydrogen-bond acceptors (Lipinski definition) is 3. The van der Waals surface area contributed by atoms with Gasteiger partial charge in [-0.25, -0.2) is 0 Å². The zero-order valence-corrected chi connectivity index (χ0v) is 26.5. The maximum Gasteiger partial charge on any atom is 0.192 e. The van der Waals surface area contributed by atoms with Gasteiger partial charge in [0, 0.05) is 24.1 Å². The highest BCUT2D eigenvalue weighted by Gasteiger charge is 2.63. The third-order valence-electron chi connectivity index (χ3n) is 12.9. The Morgan fingerprint density at radius 1 is 0.973 bits per heavy atom. The van der Waals surface area contributed by atoms with Gasteiger partial charge in [-0.15, -0.1) is 0 Å². The lowest BCUT2D eigenvalue weighted by Gasteiger charge is -2.62. The zero-order valence-electron chi connectivity index (χ0n) is 24.7. The van der Waals surface area contributed by atoms with Gasteiger partial charge < -0.3 is 9.53 Å². The maximum absolute atomic E-state index is 12.0. The molecule has 5 heteroatoms. The van der Waals surface area contributed by atoms with Gasteiger partial charge in [-0.3, -0.25) is 4.98 Å². The van der Waals surface area contributed by atoms with Crippen molar-refractivity contribution in [3.8, 4) is 0 Å². The Labute approximate surface area is 232 Å². The SMILES string of the molecule is CC(O)(c1ccncc1Cl)[C@H]1CC[C@H]2[C@@H]3CC[C@H]4C[C@@H](O[Si](C)(C)C(C)(C)C)CC[C@]4(C)[C@H]3CC[C@]12C. The van der Waals surface area contributed by atoms with Crippen LogP contribution < -0.4 is 0 Å². The highest BCUT2D eigenvalue weighted by atomic mass is 35.5. The fraction of sp³-hybridized carbons (Fsp3) is 0.844. The number of fused-ring (bicyclic) bond motifs is 5. The third-order valence-corrected chi connectivity index (χ3v) is 17.7. The van der Waals surface area contributed by atoms with Crippen molar-refractivity contribution in [2.24, 2.45) is 40.4 Å². The summed E-state index contributed by atoms with van der Waals surface area (Å²) in [7, 11) is -1.73. The van der Waals surface area contributed by atoms with Crippen molar-refractivity contribution in [2.45, 2.75) is 129 Å². The molecule has 9 atom stereocenters. The molecule has 0 saturated heterocycles. The minimum Gasteiger partial charge on any atom is -0.414 e. The van der Waals surface area contributed by atoms with E-state index in [2.05, 4.69) is 52.7 Å². The number of nitrogens with zero attached hydrogens (tertiary/aromatic N) is 1. The van der Waals surface area contributed by atoms with Crippen LogP contribution in [0.1, 0.15) is 105 Å². The number of pyridine rings is 1. The number of aliphatic hydroxyl groups is 1. The molecule has 0 bridgehead atoms. The molecule has 1 heterocycles. The molecule has 1 N–H and O–H groups in total. The van der Waals surface area contributed by atoms with Gasteiger partial charge in [0.05, 0.1) is 10.6 Å². The summed E-state index contributed by atoms with van der Waals surface area (Å²) in [6, 6.07) is 1.93. The quantitative estimate of drug-likeness (QED) is 0.384. The summed E-state index contributed by atoms with van der Waals surface area (Å²) in [5, 5.41) is 12.8. The van der Waals surface area contributed by atoms with Crippen LogP contribution in [-0.2, 0) is 10.0 Å². The molecule has 1 aromatic heterocycles. The molecule has 0 spiro atoms.